The molecular formula is C14H12Cl2N2S. The van der Waals surface area contributed by atoms with Gasteiger partial charge in [0.1, 0.15) is 5.84 Å². The topological polar surface area (TPSA) is 49.9 Å². The number of thioether (sulfide) groups is 1. The van der Waals surface area contributed by atoms with Gasteiger partial charge in [0.15, 0.2) is 0 Å². The minimum atomic E-state index is 0.0772. The highest BCUT2D eigenvalue weighted by atomic mass is 35.5. The van der Waals surface area contributed by atoms with E-state index in [4.69, 9.17) is 34.3 Å². The monoisotopic (exact) mass is 310 g/mol. The zero-order valence-corrected chi connectivity index (χ0v) is 12.3. The summed E-state index contributed by atoms with van der Waals surface area (Å²) in [6.45, 7) is 0. The van der Waals surface area contributed by atoms with Crippen molar-refractivity contribution in [2.75, 3.05) is 0 Å². The van der Waals surface area contributed by atoms with Gasteiger partial charge in [0.25, 0.3) is 0 Å². The molecule has 0 aliphatic rings. The quantitative estimate of drug-likeness (QED) is 0.494. The average molecular weight is 311 g/mol. The Kier molecular flexibility index (Phi) is 4.75. The smallest absolute Gasteiger partial charge is 0.123 e. The molecule has 0 atom stereocenters. The van der Waals surface area contributed by atoms with Crippen LogP contribution in [0.15, 0.2) is 47.4 Å². The van der Waals surface area contributed by atoms with Crippen molar-refractivity contribution in [1.82, 2.24) is 0 Å². The summed E-state index contributed by atoms with van der Waals surface area (Å²) in [5, 5.41) is 8.89. The first-order valence-corrected chi connectivity index (χ1v) is 7.32. The van der Waals surface area contributed by atoms with Crippen molar-refractivity contribution in [3.63, 3.8) is 0 Å². The fourth-order valence-corrected chi connectivity index (χ4v) is 3.15. The Morgan fingerprint density at radius 3 is 2.63 bits per heavy atom. The van der Waals surface area contributed by atoms with E-state index in [1.807, 2.05) is 30.3 Å². The van der Waals surface area contributed by atoms with Crippen LogP contribution < -0.4 is 5.73 Å². The van der Waals surface area contributed by atoms with Crippen molar-refractivity contribution in [3.8, 4) is 0 Å². The van der Waals surface area contributed by atoms with Crippen molar-refractivity contribution >= 4 is 40.8 Å². The number of halogens is 2. The minimum absolute atomic E-state index is 0.0772. The summed E-state index contributed by atoms with van der Waals surface area (Å²) in [5.41, 5.74) is 7.33. The van der Waals surface area contributed by atoms with E-state index < -0.39 is 0 Å². The molecule has 0 aliphatic carbocycles. The molecule has 0 saturated heterocycles. The lowest BCUT2D eigenvalue weighted by molar-refractivity contribution is 1.33. The van der Waals surface area contributed by atoms with Gasteiger partial charge >= 0.3 is 0 Å². The van der Waals surface area contributed by atoms with Gasteiger partial charge in [0.2, 0.25) is 0 Å². The van der Waals surface area contributed by atoms with E-state index in [0.717, 1.165) is 16.0 Å². The molecule has 0 saturated carbocycles. The van der Waals surface area contributed by atoms with Crippen molar-refractivity contribution < 1.29 is 0 Å². The fraction of sp³-hybridized carbons (Fsp3) is 0.0714. The Morgan fingerprint density at radius 2 is 1.89 bits per heavy atom. The zero-order chi connectivity index (χ0) is 13.8. The SMILES string of the molecule is N=C(N)c1ccccc1CSc1cc(Cl)ccc1Cl. The molecule has 2 nitrogen and oxygen atoms in total. The number of hydrogen-bond donors (Lipinski definition) is 2. The Labute approximate surface area is 126 Å². The summed E-state index contributed by atoms with van der Waals surface area (Å²) < 4.78 is 0. The molecule has 2 aromatic carbocycles. The maximum atomic E-state index is 7.56. The van der Waals surface area contributed by atoms with Crippen LogP contribution >= 0.6 is 35.0 Å². The highest BCUT2D eigenvalue weighted by Crippen LogP contribution is 2.32. The molecule has 5 heteroatoms. The van der Waals surface area contributed by atoms with Crippen molar-refractivity contribution in [1.29, 1.82) is 5.41 Å². The average Bonchev–Trinajstić information content (AvgIpc) is 2.40. The first-order chi connectivity index (χ1) is 9.08. The van der Waals surface area contributed by atoms with Gasteiger partial charge in [-0.2, -0.15) is 0 Å². The molecule has 98 valence electrons. The summed E-state index contributed by atoms with van der Waals surface area (Å²) in [6, 6.07) is 13.0. The van der Waals surface area contributed by atoms with Crippen LogP contribution in [-0.4, -0.2) is 5.84 Å². The summed E-state index contributed by atoms with van der Waals surface area (Å²) in [4.78, 5) is 0.924. The molecule has 0 unspecified atom stereocenters. The Morgan fingerprint density at radius 1 is 1.16 bits per heavy atom. The van der Waals surface area contributed by atoms with Crippen LogP contribution in [0.3, 0.4) is 0 Å². The normalized spacial score (nSPS) is 10.4. The summed E-state index contributed by atoms with van der Waals surface area (Å²) in [7, 11) is 0. The maximum absolute atomic E-state index is 7.56. The standard InChI is InChI=1S/C14H12Cl2N2S/c15-10-5-6-12(16)13(7-10)19-8-9-3-1-2-4-11(9)14(17)18/h1-7H,8H2,(H3,17,18). The molecule has 0 aromatic heterocycles. The van der Waals surface area contributed by atoms with Crippen molar-refractivity contribution in [2.24, 2.45) is 5.73 Å². The van der Waals surface area contributed by atoms with Crippen molar-refractivity contribution in [2.45, 2.75) is 10.6 Å². The van der Waals surface area contributed by atoms with E-state index in [1.54, 1.807) is 23.9 Å². The maximum Gasteiger partial charge on any atom is 0.123 e. The number of nitrogen functional groups attached to an aromatic ring is 1. The van der Waals surface area contributed by atoms with E-state index in [9.17, 15) is 0 Å². The van der Waals surface area contributed by atoms with Crippen LogP contribution in [0.2, 0.25) is 10.0 Å². The summed E-state index contributed by atoms with van der Waals surface area (Å²) in [5.74, 6) is 0.768. The fourth-order valence-electron chi connectivity index (χ4n) is 1.65. The highest BCUT2D eigenvalue weighted by Gasteiger charge is 2.07. The number of rotatable bonds is 4. The zero-order valence-electron chi connectivity index (χ0n) is 9.99. The van der Waals surface area contributed by atoms with Crippen LogP contribution in [-0.2, 0) is 5.75 Å². The highest BCUT2D eigenvalue weighted by molar-refractivity contribution is 7.98. The van der Waals surface area contributed by atoms with Crippen LogP contribution in [0.5, 0.6) is 0 Å². The summed E-state index contributed by atoms with van der Waals surface area (Å²) in [6.07, 6.45) is 0. The van der Waals surface area contributed by atoms with E-state index >= 15 is 0 Å². The Hall–Kier alpha value is -1.16. The second-order valence-electron chi connectivity index (χ2n) is 3.93. The lowest BCUT2D eigenvalue weighted by Gasteiger charge is -2.09. The molecular weight excluding hydrogens is 299 g/mol. The molecule has 0 fully saturated rings. The van der Waals surface area contributed by atoms with Crippen LogP contribution in [0, 0.1) is 5.41 Å². The lowest BCUT2D eigenvalue weighted by Crippen LogP contribution is -2.13. The van der Waals surface area contributed by atoms with Gasteiger partial charge in [-0.25, -0.2) is 0 Å². The van der Waals surface area contributed by atoms with Gasteiger partial charge in [0, 0.05) is 21.2 Å². The summed E-state index contributed by atoms with van der Waals surface area (Å²) >= 11 is 13.6. The molecule has 2 rings (SSSR count). The molecule has 0 aliphatic heterocycles. The molecule has 3 N–H and O–H groups in total. The minimum Gasteiger partial charge on any atom is -0.384 e. The number of benzene rings is 2. The van der Waals surface area contributed by atoms with Gasteiger partial charge in [0.05, 0.1) is 5.02 Å². The first-order valence-electron chi connectivity index (χ1n) is 5.58. The number of amidine groups is 1. The van der Waals surface area contributed by atoms with Crippen LogP contribution in [0.4, 0.5) is 0 Å². The Bertz CT molecular complexity index is 614. The third kappa shape index (κ3) is 3.66. The Balaban J connectivity index is 2.19. The second kappa shape index (κ2) is 6.33. The predicted molar refractivity (Wildman–Crippen MR) is 83.5 cm³/mol. The molecule has 0 bridgehead atoms. The number of nitrogens with one attached hydrogen (secondary N) is 1. The molecule has 19 heavy (non-hydrogen) atoms. The van der Waals surface area contributed by atoms with Gasteiger partial charge in [-0.15, -0.1) is 11.8 Å². The molecule has 0 amide bonds. The molecule has 0 heterocycles. The third-order valence-corrected chi connectivity index (χ3v) is 4.36. The van der Waals surface area contributed by atoms with E-state index in [0.29, 0.717) is 15.8 Å². The van der Waals surface area contributed by atoms with Crippen LogP contribution in [0.1, 0.15) is 11.1 Å². The van der Waals surface area contributed by atoms with Gasteiger partial charge in [-0.05, 0) is 23.8 Å². The molecule has 2 aromatic rings. The van der Waals surface area contributed by atoms with E-state index in [-0.39, 0.29) is 5.84 Å². The largest absolute Gasteiger partial charge is 0.384 e. The van der Waals surface area contributed by atoms with Gasteiger partial charge < -0.3 is 5.73 Å². The van der Waals surface area contributed by atoms with Crippen molar-refractivity contribution in [3.05, 3.63) is 63.6 Å². The molecule has 0 spiro atoms. The second-order valence-corrected chi connectivity index (χ2v) is 5.80. The van der Waals surface area contributed by atoms with Gasteiger partial charge in [-0.3, -0.25) is 5.41 Å². The first kappa shape index (κ1) is 14.3. The van der Waals surface area contributed by atoms with E-state index in [2.05, 4.69) is 0 Å². The van der Waals surface area contributed by atoms with Gasteiger partial charge in [-0.1, -0.05) is 47.5 Å². The number of nitrogens with two attached hydrogens (primary N) is 1. The molecule has 0 radical (unpaired) electrons. The lowest BCUT2D eigenvalue weighted by atomic mass is 10.1. The number of hydrogen-bond acceptors (Lipinski definition) is 2. The van der Waals surface area contributed by atoms with Crippen LogP contribution in [0.25, 0.3) is 0 Å². The van der Waals surface area contributed by atoms with E-state index in [1.165, 1.54) is 0 Å². The predicted octanol–water partition coefficient (Wildman–Crippen LogP) is 4.57. The third-order valence-electron chi connectivity index (χ3n) is 2.58.